The fraction of sp³-hybridized carbons (Fsp3) is 0.455. The average molecular weight is 243 g/mol. The summed E-state index contributed by atoms with van der Waals surface area (Å²) >= 11 is 0. The quantitative estimate of drug-likeness (QED) is 0.862. The Morgan fingerprint density at radius 1 is 1.44 bits per heavy atom. The Balaban J connectivity index is 1.89. The molecule has 1 N–H and O–H groups in total. The van der Waals surface area contributed by atoms with Crippen molar-refractivity contribution in [2.45, 2.75) is 19.5 Å². The average Bonchev–Trinajstić information content (AvgIpc) is 2.16. The topological polar surface area (TPSA) is 46.2 Å². The molecule has 3 nitrogen and oxygen atoms in total. The second-order valence-corrected chi connectivity index (χ2v) is 6.39. The van der Waals surface area contributed by atoms with Crippen molar-refractivity contribution in [2.24, 2.45) is 0 Å². The summed E-state index contributed by atoms with van der Waals surface area (Å²) in [6.07, 6.45) is 0. The number of hydrogen-bond donors (Lipinski definition) is 1. The molecule has 0 radical (unpaired) electrons. The van der Waals surface area contributed by atoms with E-state index >= 15 is 0 Å². The Bertz CT molecular complexity index is 487. The van der Waals surface area contributed by atoms with Gasteiger partial charge in [-0.2, -0.15) is 0 Å². The van der Waals surface area contributed by atoms with Gasteiger partial charge in [0.1, 0.15) is 5.82 Å². The van der Waals surface area contributed by atoms with Crippen molar-refractivity contribution in [3.63, 3.8) is 0 Å². The van der Waals surface area contributed by atoms with Crippen molar-refractivity contribution in [1.29, 1.82) is 0 Å². The minimum atomic E-state index is -2.77. The van der Waals surface area contributed by atoms with Crippen molar-refractivity contribution in [2.75, 3.05) is 11.5 Å². The summed E-state index contributed by atoms with van der Waals surface area (Å²) in [6.45, 7) is 2.30. The zero-order chi connectivity index (χ0) is 11.8. The van der Waals surface area contributed by atoms with Gasteiger partial charge in [-0.15, -0.1) is 0 Å². The summed E-state index contributed by atoms with van der Waals surface area (Å²) < 4.78 is 34.8. The van der Waals surface area contributed by atoms with Gasteiger partial charge in [0.2, 0.25) is 0 Å². The van der Waals surface area contributed by atoms with Gasteiger partial charge in [-0.25, -0.2) is 12.8 Å². The lowest BCUT2D eigenvalue weighted by molar-refractivity contribution is 0.511. The van der Waals surface area contributed by atoms with Gasteiger partial charge in [-0.3, -0.25) is 0 Å². The first kappa shape index (κ1) is 11.5. The lowest BCUT2D eigenvalue weighted by Crippen LogP contribution is -2.50. The van der Waals surface area contributed by atoms with Crippen LogP contribution in [0.1, 0.15) is 11.1 Å². The molecule has 0 saturated carbocycles. The van der Waals surface area contributed by atoms with E-state index in [2.05, 4.69) is 5.32 Å². The molecule has 88 valence electrons. The molecule has 16 heavy (non-hydrogen) atoms. The maximum Gasteiger partial charge on any atom is 0.153 e. The van der Waals surface area contributed by atoms with Crippen LogP contribution < -0.4 is 5.32 Å². The standard InChI is InChI=1S/C11H14FNO2S/c1-8-4-9(2-3-11(8)12)5-13-10-6-16(14,15)7-10/h2-4,10,13H,5-7H2,1H3. The Kier molecular flexibility index (Phi) is 2.99. The minimum Gasteiger partial charge on any atom is -0.308 e. The third kappa shape index (κ3) is 2.59. The second kappa shape index (κ2) is 4.14. The molecule has 1 heterocycles. The van der Waals surface area contributed by atoms with Crippen molar-refractivity contribution in [1.82, 2.24) is 5.32 Å². The van der Waals surface area contributed by atoms with Crippen LogP contribution in [-0.4, -0.2) is 26.0 Å². The molecule has 0 bridgehead atoms. The van der Waals surface area contributed by atoms with Gasteiger partial charge in [-0.05, 0) is 24.1 Å². The molecule has 2 rings (SSSR count). The number of hydrogen-bond acceptors (Lipinski definition) is 3. The van der Waals surface area contributed by atoms with Gasteiger partial charge in [0, 0.05) is 12.6 Å². The maximum atomic E-state index is 13.0. The fourth-order valence-corrected chi connectivity index (χ4v) is 3.13. The molecule has 0 amide bonds. The molecule has 1 aliphatic heterocycles. The van der Waals surface area contributed by atoms with Crippen molar-refractivity contribution in [3.05, 3.63) is 35.1 Å². The molecule has 1 aromatic carbocycles. The van der Waals surface area contributed by atoms with Crippen LogP contribution in [0.4, 0.5) is 4.39 Å². The summed E-state index contributed by atoms with van der Waals surface area (Å²) in [5.41, 5.74) is 1.59. The molecular formula is C11H14FNO2S. The number of aryl methyl sites for hydroxylation is 1. The largest absolute Gasteiger partial charge is 0.308 e. The number of halogens is 1. The number of sulfone groups is 1. The Hall–Kier alpha value is -0.940. The van der Waals surface area contributed by atoms with Crippen LogP contribution >= 0.6 is 0 Å². The van der Waals surface area contributed by atoms with E-state index in [1.54, 1.807) is 19.1 Å². The molecule has 1 fully saturated rings. The highest BCUT2D eigenvalue weighted by molar-refractivity contribution is 7.92. The first-order valence-corrected chi connectivity index (χ1v) is 6.97. The molecule has 1 aliphatic rings. The summed E-state index contributed by atoms with van der Waals surface area (Å²) in [7, 11) is -2.77. The van der Waals surface area contributed by atoms with Gasteiger partial charge in [0.05, 0.1) is 11.5 Å². The van der Waals surface area contributed by atoms with Crippen LogP contribution in [0, 0.1) is 12.7 Å². The van der Waals surface area contributed by atoms with Gasteiger partial charge in [0.15, 0.2) is 9.84 Å². The van der Waals surface area contributed by atoms with Crippen LogP contribution in [-0.2, 0) is 16.4 Å². The van der Waals surface area contributed by atoms with Gasteiger partial charge >= 0.3 is 0 Å². The third-order valence-corrected chi connectivity index (χ3v) is 4.55. The monoisotopic (exact) mass is 243 g/mol. The molecule has 5 heteroatoms. The van der Waals surface area contributed by atoms with E-state index in [-0.39, 0.29) is 23.4 Å². The second-order valence-electron chi connectivity index (χ2n) is 4.24. The zero-order valence-corrected chi connectivity index (χ0v) is 9.85. The van der Waals surface area contributed by atoms with Crippen LogP contribution in [0.2, 0.25) is 0 Å². The molecule has 0 unspecified atom stereocenters. The number of rotatable bonds is 3. The predicted molar refractivity (Wildman–Crippen MR) is 60.4 cm³/mol. The Morgan fingerprint density at radius 3 is 2.69 bits per heavy atom. The van der Waals surface area contributed by atoms with E-state index in [1.807, 2.05) is 0 Å². The lowest BCUT2D eigenvalue weighted by atomic mass is 10.1. The van der Waals surface area contributed by atoms with Crippen molar-refractivity contribution < 1.29 is 12.8 Å². The van der Waals surface area contributed by atoms with Crippen LogP contribution in [0.3, 0.4) is 0 Å². The number of nitrogens with one attached hydrogen (secondary N) is 1. The zero-order valence-electron chi connectivity index (χ0n) is 9.03. The van der Waals surface area contributed by atoms with Crippen molar-refractivity contribution in [3.8, 4) is 0 Å². The number of benzene rings is 1. The minimum absolute atomic E-state index is 0.0513. The predicted octanol–water partition coefficient (Wildman–Crippen LogP) is 1.02. The van der Waals surface area contributed by atoms with E-state index in [0.717, 1.165) is 5.56 Å². The molecular weight excluding hydrogens is 229 g/mol. The van der Waals surface area contributed by atoms with Gasteiger partial charge in [0.25, 0.3) is 0 Å². The smallest absolute Gasteiger partial charge is 0.153 e. The van der Waals surface area contributed by atoms with E-state index < -0.39 is 9.84 Å². The fourth-order valence-electron chi connectivity index (χ4n) is 1.76. The highest BCUT2D eigenvalue weighted by Crippen LogP contribution is 2.13. The summed E-state index contributed by atoms with van der Waals surface area (Å²) in [5.74, 6) is 0.218. The molecule has 1 saturated heterocycles. The third-order valence-electron chi connectivity index (χ3n) is 2.73. The SMILES string of the molecule is Cc1cc(CNC2CS(=O)(=O)C2)ccc1F. The Morgan fingerprint density at radius 2 is 2.12 bits per heavy atom. The maximum absolute atomic E-state index is 13.0. The highest BCUT2D eigenvalue weighted by Gasteiger charge is 2.32. The van der Waals surface area contributed by atoms with Gasteiger partial charge in [-0.1, -0.05) is 12.1 Å². The van der Waals surface area contributed by atoms with Crippen LogP contribution in [0.15, 0.2) is 18.2 Å². The van der Waals surface area contributed by atoms with Crippen molar-refractivity contribution >= 4 is 9.84 Å². The summed E-state index contributed by atoms with van der Waals surface area (Å²) in [5, 5.41) is 3.14. The molecule has 0 atom stereocenters. The first-order valence-electron chi connectivity index (χ1n) is 5.15. The summed E-state index contributed by atoms with van der Waals surface area (Å²) in [4.78, 5) is 0. The molecule has 0 aliphatic carbocycles. The lowest BCUT2D eigenvalue weighted by Gasteiger charge is -2.26. The Labute approximate surface area is 94.6 Å². The van der Waals surface area contributed by atoms with Crippen LogP contribution in [0.5, 0.6) is 0 Å². The van der Waals surface area contributed by atoms with E-state index in [4.69, 9.17) is 0 Å². The van der Waals surface area contributed by atoms with E-state index in [9.17, 15) is 12.8 Å². The highest BCUT2D eigenvalue weighted by atomic mass is 32.2. The first-order chi connectivity index (χ1) is 7.46. The molecule has 1 aromatic rings. The molecule has 0 spiro atoms. The van der Waals surface area contributed by atoms with E-state index in [1.165, 1.54) is 6.07 Å². The van der Waals surface area contributed by atoms with Crippen LogP contribution in [0.25, 0.3) is 0 Å². The van der Waals surface area contributed by atoms with Gasteiger partial charge < -0.3 is 5.32 Å². The molecule has 0 aromatic heterocycles. The normalized spacial score (nSPS) is 19.4. The summed E-state index contributed by atoms with van der Waals surface area (Å²) in [6, 6.07) is 4.97. The van der Waals surface area contributed by atoms with E-state index in [0.29, 0.717) is 12.1 Å².